The van der Waals surface area contributed by atoms with Gasteiger partial charge in [0, 0.05) is 6.04 Å². The number of anilines is 1. The number of carboxylic acids is 1. The highest BCUT2D eigenvalue weighted by Gasteiger charge is 2.23. The van der Waals surface area contributed by atoms with E-state index in [1.165, 1.54) is 25.3 Å². The standard InChI is InChI=1S/C12H14N2O4/c1-18-10-5-2-7(11(15)16)6-9(10)14-12(17)13-8-3-4-8/h2,5-6,8H,3-4H2,1H3,(H,15,16)(H2,13,14,17). The van der Waals surface area contributed by atoms with Gasteiger partial charge in [0.15, 0.2) is 0 Å². The minimum atomic E-state index is -1.05. The van der Waals surface area contributed by atoms with E-state index in [-0.39, 0.29) is 17.6 Å². The summed E-state index contributed by atoms with van der Waals surface area (Å²) >= 11 is 0. The molecule has 1 aromatic carbocycles. The molecule has 0 radical (unpaired) electrons. The molecular formula is C12H14N2O4. The van der Waals surface area contributed by atoms with Crippen molar-refractivity contribution in [1.82, 2.24) is 5.32 Å². The van der Waals surface area contributed by atoms with Crippen LogP contribution in [0.2, 0.25) is 0 Å². The van der Waals surface area contributed by atoms with E-state index < -0.39 is 5.97 Å². The molecule has 3 N–H and O–H groups in total. The molecule has 0 aliphatic heterocycles. The van der Waals surface area contributed by atoms with Crippen LogP contribution in [0.3, 0.4) is 0 Å². The number of carboxylic acid groups (broad SMARTS) is 1. The van der Waals surface area contributed by atoms with Gasteiger partial charge in [-0.3, -0.25) is 0 Å². The van der Waals surface area contributed by atoms with Crippen molar-refractivity contribution in [3.05, 3.63) is 23.8 Å². The molecule has 18 heavy (non-hydrogen) atoms. The lowest BCUT2D eigenvalue weighted by atomic mass is 10.2. The van der Waals surface area contributed by atoms with Crippen LogP contribution in [-0.2, 0) is 0 Å². The maximum Gasteiger partial charge on any atom is 0.335 e. The first kappa shape index (κ1) is 12.2. The first-order valence-electron chi connectivity index (χ1n) is 5.59. The number of amides is 2. The molecule has 0 saturated heterocycles. The second kappa shape index (κ2) is 4.95. The molecule has 1 saturated carbocycles. The average Bonchev–Trinajstić information content (AvgIpc) is 3.12. The third kappa shape index (κ3) is 2.91. The van der Waals surface area contributed by atoms with E-state index in [1.54, 1.807) is 0 Å². The Balaban J connectivity index is 2.14. The Kier molecular flexibility index (Phi) is 3.36. The molecule has 0 atom stereocenters. The number of rotatable bonds is 4. The zero-order valence-corrected chi connectivity index (χ0v) is 9.90. The zero-order chi connectivity index (χ0) is 13.1. The van der Waals surface area contributed by atoms with E-state index in [1.807, 2.05) is 0 Å². The highest BCUT2D eigenvalue weighted by Crippen LogP contribution is 2.26. The fourth-order valence-electron chi connectivity index (χ4n) is 1.51. The largest absolute Gasteiger partial charge is 0.495 e. The highest BCUT2D eigenvalue weighted by atomic mass is 16.5. The van der Waals surface area contributed by atoms with Crippen LogP contribution in [-0.4, -0.2) is 30.3 Å². The third-order valence-corrected chi connectivity index (χ3v) is 2.61. The van der Waals surface area contributed by atoms with Crippen molar-refractivity contribution in [2.45, 2.75) is 18.9 Å². The van der Waals surface area contributed by atoms with Crippen LogP contribution >= 0.6 is 0 Å². The van der Waals surface area contributed by atoms with E-state index in [0.717, 1.165) is 12.8 Å². The number of hydrogen-bond acceptors (Lipinski definition) is 3. The van der Waals surface area contributed by atoms with Gasteiger partial charge >= 0.3 is 12.0 Å². The van der Waals surface area contributed by atoms with Crippen molar-refractivity contribution < 1.29 is 19.4 Å². The van der Waals surface area contributed by atoms with Gasteiger partial charge in [-0.05, 0) is 31.0 Å². The normalized spacial score (nSPS) is 13.8. The van der Waals surface area contributed by atoms with Gasteiger partial charge in [-0.15, -0.1) is 0 Å². The zero-order valence-electron chi connectivity index (χ0n) is 9.90. The molecule has 1 aromatic rings. The minimum Gasteiger partial charge on any atom is -0.495 e. The second-order valence-electron chi connectivity index (χ2n) is 4.09. The maximum atomic E-state index is 11.6. The van der Waals surface area contributed by atoms with E-state index in [0.29, 0.717) is 11.4 Å². The molecule has 0 spiro atoms. The monoisotopic (exact) mass is 250 g/mol. The molecule has 2 amide bonds. The van der Waals surface area contributed by atoms with Crippen molar-refractivity contribution in [1.29, 1.82) is 0 Å². The van der Waals surface area contributed by atoms with Gasteiger partial charge in [-0.25, -0.2) is 9.59 Å². The van der Waals surface area contributed by atoms with Crippen LogP contribution in [0.4, 0.5) is 10.5 Å². The van der Waals surface area contributed by atoms with Gasteiger partial charge in [0.05, 0.1) is 18.4 Å². The fourth-order valence-corrected chi connectivity index (χ4v) is 1.51. The number of benzene rings is 1. The summed E-state index contributed by atoms with van der Waals surface area (Å²) in [6.45, 7) is 0. The molecule has 6 heteroatoms. The Labute approximate surface area is 104 Å². The van der Waals surface area contributed by atoms with Gasteiger partial charge in [-0.1, -0.05) is 0 Å². The number of urea groups is 1. The first-order valence-corrected chi connectivity index (χ1v) is 5.59. The lowest BCUT2D eigenvalue weighted by Gasteiger charge is -2.11. The number of carbonyl (C=O) groups excluding carboxylic acids is 1. The number of aromatic carboxylic acids is 1. The van der Waals surface area contributed by atoms with Crippen LogP contribution in [0.25, 0.3) is 0 Å². The summed E-state index contributed by atoms with van der Waals surface area (Å²) < 4.78 is 5.07. The molecule has 0 aromatic heterocycles. The number of hydrogen-bond donors (Lipinski definition) is 3. The van der Waals surface area contributed by atoms with Crippen LogP contribution in [0.5, 0.6) is 5.75 Å². The summed E-state index contributed by atoms with van der Waals surface area (Å²) in [5.41, 5.74) is 0.438. The third-order valence-electron chi connectivity index (χ3n) is 2.61. The Bertz CT molecular complexity index is 483. The molecule has 1 aliphatic carbocycles. The lowest BCUT2D eigenvalue weighted by Crippen LogP contribution is -2.30. The summed E-state index contributed by atoms with van der Waals surface area (Å²) in [7, 11) is 1.46. The first-order chi connectivity index (χ1) is 8.60. The summed E-state index contributed by atoms with van der Waals surface area (Å²) in [5.74, 6) is -0.630. The molecule has 1 fully saturated rings. The predicted molar refractivity (Wildman–Crippen MR) is 65.1 cm³/mol. The Morgan fingerprint density at radius 2 is 2.11 bits per heavy atom. The number of nitrogens with one attached hydrogen (secondary N) is 2. The van der Waals surface area contributed by atoms with Crippen molar-refractivity contribution in [3.8, 4) is 5.75 Å². The quantitative estimate of drug-likeness (QED) is 0.758. The molecule has 0 unspecified atom stereocenters. The fraction of sp³-hybridized carbons (Fsp3) is 0.333. The van der Waals surface area contributed by atoms with Gasteiger partial charge in [-0.2, -0.15) is 0 Å². The SMILES string of the molecule is COc1ccc(C(=O)O)cc1NC(=O)NC1CC1. The van der Waals surface area contributed by atoms with Gasteiger partial charge in [0.25, 0.3) is 0 Å². The Morgan fingerprint density at radius 1 is 1.39 bits per heavy atom. The number of carbonyl (C=O) groups is 2. The molecule has 1 aliphatic rings. The summed E-state index contributed by atoms with van der Waals surface area (Å²) in [6.07, 6.45) is 1.97. The predicted octanol–water partition coefficient (Wildman–Crippen LogP) is 1.68. The van der Waals surface area contributed by atoms with Crippen molar-refractivity contribution in [3.63, 3.8) is 0 Å². The maximum absolute atomic E-state index is 11.6. The van der Waals surface area contributed by atoms with Crippen LogP contribution < -0.4 is 15.4 Å². The Morgan fingerprint density at radius 3 is 2.67 bits per heavy atom. The number of methoxy groups -OCH3 is 1. The number of ether oxygens (including phenoxy) is 1. The Hall–Kier alpha value is -2.24. The molecule has 0 bridgehead atoms. The van der Waals surface area contributed by atoms with Crippen molar-refractivity contribution in [2.24, 2.45) is 0 Å². The molecule has 0 heterocycles. The van der Waals surface area contributed by atoms with Crippen LogP contribution in [0.15, 0.2) is 18.2 Å². The average molecular weight is 250 g/mol. The molecule has 6 nitrogen and oxygen atoms in total. The van der Waals surface area contributed by atoms with Crippen molar-refractivity contribution >= 4 is 17.7 Å². The molecular weight excluding hydrogens is 236 g/mol. The summed E-state index contributed by atoms with van der Waals surface area (Å²) in [4.78, 5) is 22.4. The molecule has 2 rings (SSSR count). The van der Waals surface area contributed by atoms with Gasteiger partial charge in [0.1, 0.15) is 5.75 Å². The van der Waals surface area contributed by atoms with E-state index in [2.05, 4.69) is 10.6 Å². The lowest BCUT2D eigenvalue weighted by molar-refractivity contribution is 0.0697. The smallest absolute Gasteiger partial charge is 0.335 e. The van der Waals surface area contributed by atoms with Crippen LogP contribution in [0, 0.1) is 0 Å². The minimum absolute atomic E-state index is 0.0949. The topological polar surface area (TPSA) is 87.7 Å². The second-order valence-corrected chi connectivity index (χ2v) is 4.09. The van der Waals surface area contributed by atoms with Gasteiger partial charge in [0.2, 0.25) is 0 Å². The van der Waals surface area contributed by atoms with Crippen molar-refractivity contribution in [2.75, 3.05) is 12.4 Å². The summed E-state index contributed by atoms with van der Waals surface area (Å²) in [5, 5.41) is 14.2. The van der Waals surface area contributed by atoms with Crippen LogP contribution in [0.1, 0.15) is 23.2 Å². The highest BCUT2D eigenvalue weighted by molar-refractivity contribution is 5.95. The van der Waals surface area contributed by atoms with E-state index in [9.17, 15) is 9.59 Å². The van der Waals surface area contributed by atoms with E-state index >= 15 is 0 Å². The van der Waals surface area contributed by atoms with Gasteiger partial charge < -0.3 is 20.5 Å². The molecule has 96 valence electrons. The van der Waals surface area contributed by atoms with E-state index in [4.69, 9.17) is 9.84 Å². The summed E-state index contributed by atoms with van der Waals surface area (Å²) in [6, 6.07) is 4.19.